The van der Waals surface area contributed by atoms with Crippen molar-refractivity contribution >= 4 is 17.8 Å². The predicted octanol–water partition coefficient (Wildman–Crippen LogP) is 6.00. The number of anilines is 1. The largest absolute Gasteiger partial charge is 0.497 e. The van der Waals surface area contributed by atoms with E-state index in [1.165, 1.54) is 16.7 Å². The molecule has 0 fully saturated rings. The fourth-order valence-corrected chi connectivity index (χ4v) is 4.14. The number of imidazole rings is 1. The summed E-state index contributed by atoms with van der Waals surface area (Å²) in [6, 6.07) is 19.0. The van der Waals surface area contributed by atoms with E-state index >= 15 is 0 Å². The van der Waals surface area contributed by atoms with Gasteiger partial charge >= 0.3 is 0 Å². The number of hydrogen-bond acceptors (Lipinski definition) is 5. The average molecular weight is 515 g/mol. The Balaban J connectivity index is 1.63. The quantitative estimate of drug-likeness (QED) is 0.280. The molecule has 0 saturated carbocycles. The fourth-order valence-electron chi connectivity index (χ4n) is 4.14. The van der Waals surface area contributed by atoms with E-state index in [1.54, 1.807) is 19.2 Å². The first-order valence-electron chi connectivity index (χ1n) is 12.7. The number of furan rings is 1. The minimum absolute atomic E-state index is 0.130. The summed E-state index contributed by atoms with van der Waals surface area (Å²) in [5, 5.41) is 2.93. The Morgan fingerprint density at radius 2 is 1.74 bits per heavy atom. The topological polar surface area (TPSA) is 89.6 Å². The second kappa shape index (κ2) is 11.8. The Bertz CT molecular complexity index is 1350. The summed E-state index contributed by atoms with van der Waals surface area (Å²) in [6.45, 7) is 8.56. The number of amides is 2. The van der Waals surface area contributed by atoms with E-state index in [1.807, 2.05) is 61.0 Å². The van der Waals surface area contributed by atoms with Gasteiger partial charge in [-0.25, -0.2) is 4.98 Å². The highest BCUT2D eigenvalue weighted by molar-refractivity contribution is 5.97. The lowest BCUT2D eigenvalue weighted by Gasteiger charge is -2.23. The molecule has 4 rings (SSSR count). The van der Waals surface area contributed by atoms with Crippen molar-refractivity contribution in [2.24, 2.45) is 5.92 Å². The Kier molecular flexibility index (Phi) is 8.31. The molecule has 0 aliphatic carbocycles. The number of rotatable bonds is 10. The highest BCUT2D eigenvalue weighted by Gasteiger charge is 2.23. The van der Waals surface area contributed by atoms with Gasteiger partial charge in [0.05, 0.1) is 19.1 Å². The standard InChI is InChI=1S/C30H34N4O4/c1-20(2)17-33(29(36)27-7-6-16-38-27)19-28(35)32-30-31-26(23-10-14-25(37-5)15-11-23)18-34(30)24-12-8-22(9-13-24)21(3)4/h6-16,18,20-21H,17,19H2,1-5H3,(H,31,32,35). The molecular weight excluding hydrogens is 480 g/mol. The van der Waals surface area contributed by atoms with E-state index in [0.717, 1.165) is 17.0 Å². The Morgan fingerprint density at radius 1 is 1.03 bits per heavy atom. The lowest BCUT2D eigenvalue weighted by atomic mass is 10.0. The van der Waals surface area contributed by atoms with Gasteiger partial charge in [-0.15, -0.1) is 0 Å². The van der Waals surface area contributed by atoms with Crippen LogP contribution in [0, 0.1) is 5.92 Å². The van der Waals surface area contributed by atoms with Crippen LogP contribution in [0.25, 0.3) is 16.9 Å². The zero-order valence-electron chi connectivity index (χ0n) is 22.5. The van der Waals surface area contributed by atoms with Crippen LogP contribution < -0.4 is 10.1 Å². The van der Waals surface area contributed by atoms with Crippen molar-refractivity contribution < 1.29 is 18.7 Å². The van der Waals surface area contributed by atoms with Crippen LogP contribution >= 0.6 is 0 Å². The van der Waals surface area contributed by atoms with E-state index in [-0.39, 0.29) is 30.0 Å². The number of carbonyl (C=O) groups is 2. The highest BCUT2D eigenvalue weighted by atomic mass is 16.5. The summed E-state index contributed by atoms with van der Waals surface area (Å²) in [5.41, 5.74) is 3.66. The van der Waals surface area contributed by atoms with Crippen molar-refractivity contribution in [2.75, 3.05) is 25.5 Å². The van der Waals surface area contributed by atoms with Crippen molar-refractivity contribution in [3.05, 3.63) is 84.4 Å². The van der Waals surface area contributed by atoms with Crippen molar-refractivity contribution in [2.45, 2.75) is 33.6 Å². The number of carbonyl (C=O) groups excluding carboxylic acids is 2. The number of nitrogens with one attached hydrogen (secondary N) is 1. The summed E-state index contributed by atoms with van der Waals surface area (Å²) in [5.74, 6) is 1.21. The maximum Gasteiger partial charge on any atom is 0.290 e. The molecule has 2 aromatic heterocycles. The molecule has 4 aromatic rings. The average Bonchev–Trinajstić information content (AvgIpc) is 3.58. The fraction of sp³-hybridized carbons (Fsp3) is 0.300. The maximum atomic E-state index is 13.2. The number of hydrogen-bond donors (Lipinski definition) is 1. The smallest absolute Gasteiger partial charge is 0.290 e. The molecule has 198 valence electrons. The van der Waals surface area contributed by atoms with Crippen molar-refractivity contribution in [1.82, 2.24) is 14.5 Å². The molecule has 2 aromatic carbocycles. The zero-order chi connectivity index (χ0) is 27.2. The monoisotopic (exact) mass is 514 g/mol. The van der Waals surface area contributed by atoms with E-state index in [4.69, 9.17) is 14.1 Å². The first-order chi connectivity index (χ1) is 18.2. The van der Waals surface area contributed by atoms with Gasteiger partial charge < -0.3 is 14.1 Å². The summed E-state index contributed by atoms with van der Waals surface area (Å²) in [6.07, 6.45) is 3.34. The van der Waals surface area contributed by atoms with Gasteiger partial charge in [0.25, 0.3) is 5.91 Å². The summed E-state index contributed by atoms with van der Waals surface area (Å²) < 4.78 is 12.4. The minimum Gasteiger partial charge on any atom is -0.497 e. The van der Waals surface area contributed by atoms with Crippen LogP contribution in [-0.4, -0.2) is 46.5 Å². The summed E-state index contributed by atoms with van der Waals surface area (Å²) >= 11 is 0. The number of ether oxygens (including phenoxy) is 1. The molecule has 0 radical (unpaired) electrons. The molecular formula is C30H34N4O4. The van der Waals surface area contributed by atoms with Crippen LogP contribution in [0.2, 0.25) is 0 Å². The molecule has 0 aliphatic rings. The summed E-state index contributed by atoms with van der Waals surface area (Å²) in [4.78, 5) is 32.4. The third kappa shape index (κ3) is 6.32. The van der Waals surface area contributed by atoms with E-state index in [0.29, 0.717) is 24.1 Å². The van der Waals surface area contributed by atoms with Gasteiger partial charge in [0.1, 0.15) is 12.3 Å². The van der Waals surface area contributed by atoms with E-state index in [2.05, 4.69) is 31.3 Å². The highest BCUT2D eigenvalue weighted by Crippen LogP contribution is 2.27. The molecule has 1 N–H and O–H groups in total. The molecule has 0 bridgehead atoms. The SMILES string of the molecule is COc1ccc(-c2cn(-c3ccc(C(C)C)cc3)c(NC(=O)CN(CC(C)C)C(=O)c3ccco3)n2)cc1. The molecule has 2 heterocycles. The van der Waals surface area contributed by atoms with Crippen molar-refractivity contribution in [1.29, 1.82) is 0 Å². The molecule has 0 atom stereocenters. The van der Waals surface area contributed by atoms with Crippen LogP contribution in [-0.2, 0) is 4.79 Å². The third-order valence-electron chi connectivity index (χ3n) is 6.12. The number of benzene rings is 2. The van der Waals surface area contributed by atoms with E-state index in [9.17, 15) is 9.59 Å². The molecule has 0 unspecified atom stereocenters. The predicted molar refractivity (Wildman–Crippen MR) is 148 cm³/mol. The lowest BCUT2D eigenvalue weighted by molar-refractivity contribution is -0.117. The maximum absolute atomic E-state index is 13.2. The van der Waals surface area contributed by atoms with Gasteiger partial charge in [-0.2, -0.15) is 0 Å². The lowest BCUT2D eigenvalue weighted by Crippen LogP contribution is -2.40. The number of nitrogens with zero attached hydrogens (tertiary/aromatic N) is 3. The molecule has 0 saturated heterocycles. The molecule has 8 nitrogen and oxygen atoms in total. The first kappa shape index (κ1) is 26.7. The van der Waals surface area contributed by atoms with Gasteiger partial charge in [-0.1, -0.05) is 39.8 Å². The third-order valence-corrected chi connectivity index (χ3v) is 6.12. The first-order valence-corrected chi connectivity index (χ1v) is 12.7. The Hall–Kier alpha value is -4.33. The molecule has 2 amide bonds. The second-order valence-corrected chi connectivity index (χ2v) is 9.90. The molecule has 0 aliphatic heterocycles. The molecule has 0 spiro atoms. The zero-order valence-corrected chi connectivity index (χ0v) is 22.5. The number of aromatic nitrogens is 2. The number of methoxy groups -OCH3 is 1. The summed E-state index contributed by atoms with van der Waals surface area (Å²) in [7, 11) is 1.62. The molecule has 38 heavy (non-hydrogen) atoms. The van der Waals surface area contributed by atoms with Crippen molar-refractivity contribution in [3.8, 4) is 22.7 Å². The van der Waals surface area contributed by atoms with Crippen LogP contribution in [0.3, 0.4) is 0 Å². The van der Waals surface area contributed by atoms with Crippen LogP contribution in [0.1, 0.15) is 49.7 Å². The Morgan fingerprint density at radius 3 is 2.32 bits per heavy atom. The molecule has 8 heteroatoms. The Labute approximate surface area is 223 Å². The van der Waals surface area contributed by atoms with Crippen LogP contribution in [0.15, 0.2) is 77.5 Å². The second-order valence-electron chi connectivity index (χ2n) is 9.90. The van der Waals surface area contributed by atoms with Crippen molar-refractivity contribution in [3.63, 3.8) is 0 Å². The van der Waals surface area contributed by atoms with Gasteiger partial charge in [0.2, 0.25) is 11.9 Å². The normalized spacial score (nSPS) is 11.1. The van der Waals surface area contributed by atoms with E-state index < -0.39 is 0 Å². The minimum atomic E-state index is -0.350. The van der Waals surface area contributed by atoms with Gasteiger partial charge in [-0.3, -0.25) is 19.5 Å². The van der Waals surface area contributed by atoms with Gasteiger partial charge in [-0.05, 0) is 65.9 Å². The van der Waals surface area contributed by atoms with Crippen LogP contribution in [0.4, 0.5) is 5.95 Å². The van der Waals surface area contributed by atoms with Crippen LogP contribution in [0.5, 0.6) is 5.75 Å². The van der Waals surface area contributed by atoms with Gasteiger partial charge in [0.15, 0.2) is 5.76 Å². The van der Waals surface area contributed by atoms with Gasteiger partial charge in [0, 0.05) is 24.0 Å².